The molecule has 0 radical (unpaired) electrons. The predicted octanol–water partition coefficient (Wildman–Crippen LogP) is 1.30. The van der Waals surface area contributed by atoms with Crippen molar-refractivity contribution in [1.29, 1.82) is 0 Å². The van der Waals surface area contributed by atoms with Crippen LogP contribution in [-0.2, 0) is 11.3 Å². The van der Waals surface area contributed by atoms with Crippen LogP contribution in [0.15, 0.2) is 30.5 Å². The number of anilines is 1. The van der Waals surface area contributed by atoms with Gasteiger partial charge in [0.25, 0.3) is 0 Å². The monoisotopic (exact) mass is 262 g/mol. The zero-order valence-electron chi connectivity index (χ0n) is 10.5. The first kappa shape index (κ1) is 12.1. The molecule has 0 aliphatic carbocycles. The van der Waals surface area contributed by atoms with E-state index in [1.165, 1.54) is 12.1 Å². The number of benzene rings is 1. The maximum atomic E-state index is 12.8. The van der Waals surface area contributed by atoms with Gasteiger partial charge in [-0.05, 0) is 17.7 Å². The van der Waals surface area contributed by atoms with E-state index in [4.69, 9.17) is 4.74 Å². The number of ether oxygens (including phenoxy) is 1. The number of aromatic nitrogens is 3. The molecule has 0 spiro atoms. The summed E-state index contributed by atoms with van der Waals surface area (Å²) in [4.78, 5) is 2.15. The highest BCUT2D eigenvalue weighted by Crippen LogP contribution is 2.12. The summed E-state index contributed by atoms with van der Waals surface area (Å²) in [5.41, 5.74) is 1.000. The molecule has 6 heteroatoms. The Hall–Kier alpha value is -1.95. The SMILES string of the molecule is Fc1ccc(Cn2cc(N3CCOCC3)nn2)cc1. The highest BCUT2D eigenvalue weighted by molar-refractivity contribution is 5.35. The fourth-order valence-corrected chi connectivity index (χ4v) is 2.08. The minimum absolute atomic E-state index is 0.226. The minimum atomic E-state index is -0.226. The molecule has 1 aliphatic heterocycles. The van der Waals surface area contributed by atoms with Crippen molar-refractivity contribution in [3.63, 3.8) is 0 Å². The number of hydrogen-bond donors (Lipinski definition) is 0. The van der Waals surface area contributed by atoms with Crippen LogP contribution in [-0.4, -0.2) is 41.3 Å². The molecule has 3 rings (SSSR count). The van der Waals surface area contributed by atoms with Crippen molar-refractivity contribution < 1.29 is 9.13 Å². The summed E-state index contributed by atoms with van der Waals surface area (Å²) in [5.74, 6) is 0.641. The Bertz CT molecular complexity index is 534. The minimum Gasteiger partial charge on any atom is -0.378 e. The van der Waals surface area contributed by atoms with Gasteiger partial charge in [-0.25, -0.2) is 9.07 Å². The van der Waals surface area contributed by atoms with Gasteiger partial charge in [0.15, 0.2) is 5.82 Å². The molecule has 0 atom stereocenters. The first-order valence-corrected chi connectivity index (χ1v) is 6.28. The van der Waals surface area contributed by atoms with Crippen LogP contribution in [0.1, 0.15) is 5.56 Å². The van der Waals surface area contributed by atoms with E-state index in [0.29, 0.717) is 6.54 Å². The molecular weight excluding hydrogens is 247 g/mol. The molecule has 2 heterocycles. The van der Waals surface area contributed by atoms with Gasteiger partial charge in [-0.3, -0.25) is 0 Å². The fourth-order valence-electron chi connectivity index (χ4n) is 2.08. The van der Waals surface area contributed by atoms with E-state index in [0.717, 1.165) is 37.7 Å². The number of rotatable bonds is 3. The van der Waals surface area contributed by atoms with Gasteiger partial charge in [-0.2, -0.15) is 0 Å². The van der Waals surface area contributed by atoms with Crippen LogP contribution in [0, 0.1) is 5.82 Å². The lowest BCUT2D eigenvalue weighted by molar-refractivity contribution is 0.122. The van der Waals surface area contributed by atoms with E-state index in [1.54, 1.807) is 16.8 Å². The van der Waals surface area contributed by atoms with Crippen molar-refractivity contribution in [2.75, 3.05) is 31.2 Å². The van der Waals surface area contributed by atoms with Gasteiger partial charge in [0.2, 0.25) is 0 Å². The van der Waals surface area contributed by atoms with Crippen molar-refractivity contribution in [3.8, 4) is 0 Å². The second kappa shape index (κ2) is 5.36. The second-order valence-corrected chi connectivity index (χ2v) is 4.50. The van der Waals surface area contributed by atoms with Crippen LogP contribution in [0.4, 0.5) is 10.2 Å². The summed E-state index contributed by atoms with van der Waals surface area (Å²) in [6.45, 7) is 3.73. The maximum Gasteiger partial charge on any atom is 0.171 e. The Morgan fingerprint density at radius 1 is 1.16 bits per heavy atom. The van der Waals surface area contributed by atoms with Gasteiger partial charge in [-0.15, -0.1) is 5.10 Å². The number of hydrogen-bond acceptors (Lipinski definition) is 4. The van der Waals surface area contributed by atoms with Gasteiger partial charge < -0.3 is 9.64 Å². The molecule has 0 saturated carbocycles. The van der Waals surface area contributed by atoms with Gasteiger partial charge >= 0.3 is 0 Å². The molecule has 100 valence electrons. The second-order valence-electron chi connectivity index (χ2n) is 4.50. The van der Waals surface area contributed by atoms with Crippen molar-refractivity contribution in [2.24, 2.45) is 0 Å². The van der Waals surface area contributed by atoms with Crippen LogP contribution in [0.25, 0.3) is 0 Å². The molecule has 1 aliphatic rings. The third kappa shape index (κ3) is 2.90. The molecule has 19 heavy (non-hydrogen) atoms. The topological polar surface area (TPSA) is 43.2 Å². The Labute approximate surface area is 110 Å². The molecule has 0 bridgehead atoms. The average Bonchev–Trinajstić information content (AvgIpc) is 2.91. The van der Waals surface area contributed by atoms with Crippen LogP contribution >= 0.6 is 0 Å². The van der Waals surface area contributed by atoms with E-state index in [-0.39, 0.29) is 5.82 Å². The Morgan fingerprint density at radius 3 is 2.63 bits per heavy atom. The molecule has 0 amide bonds. The summed E-state index contributed by atoms with van der Waals surface area (Å²) < 4.78 is 19.9. The Kier molecular flexibility index (Phi) is 3.41. The highest BCUT2D eigenvalue weighted by atomic mass is 19.1. The molecule has 5 nitrogen and oxygen atoms in total. The van der Waals surface area contributed by atoms with Crippen molar-refractivity contribution in [2.45, 2.75) is 6.54 Å². The van der Waals surface area contributed by atoms with Gasteiger partial charge in [0, 0.05) is 13.1 Å². The molecule has 1 aromatic carbocycles. The summed E-state index contributed by atoms with van der Waals surface area (Å²) >= 11 is 0. The van der Waals surface area contributed by atoms with E-state index < -0.39 is 0 Å². The Balaban J connectivity index is 1.68. The number of morpholine rings is 1. The maximum absolute atomic E-state index is 12.8. The van der Waals surface area contributed by atoms with Crippen LogP contribution < -0.4 is 4.90 Å². The number of nitrogens with zero attached hydrogens (tertiary/aromatic N) is 4. The standard InChI is InChI=1S/C13H15FN4O/c14-12-3-1-11(2-4-12)9-18-10-13(15-16-18)17-5-7-19-8-6-17/h1-4,10H,5-9H2. The smallest absolute Gasteiger partial charge is 0.171 e. The predicted molar refractivity (Wildman–Crippen MR) is 68.6 cm³/mol. The van der Waals surface area contributed by atoms with E-state index >= 15 is 0 Å². The molecule has 1 saturated heterocycles. The van der Waals surface area contributed by atoms with Crippen molar-refractivity contribution >= 4 is 5.82 Å². The zero-order valence-corrected chi connectivity index (χ0v) is 10.5. The molecule has 1 fully saturated rings. The number of halogens is 1. The summed E-state index contributed by atoms with van der Waals surface area (Å²) in [5, 5.41) is 8.26. The lowest BCUT2D eigenvalue weighted by Gasteiger charge is -2.25. The quantitative estimate of drug-likeness (QED) is 0.836. The molecule has 0 N–H and O–H groups in total. The van der Waals surface area contributed by atoms with Crippen LogP contribution in [0.3, 0.4) is 0 Å². The van der Waals surface area contributed by atoms with Gasteiger partial charge in [-0.1, -0.05) is 17.3 Å². The van der Waals surface area contributed by atoms with E-state index in [9.17, 15) is 4.39 Å². The van der Waals surface area contributed by atoms with E-state index in [1.807, 2.05) is 6.20 Å². The fraction of sp³-hybridized carbons (Fsp3) is 0.385. The van der Waals surface area contributed by atoms with Crippen molar-refractivity contribution in [1.82, 2.24) is 15.0 Å². The summed E-state index contributed by atoms with van der Waals surface area (Å²) in [6.07, 6.45) is 1.91. The molecule has 1 aromatic heterocycles. The Morgan fingerprint density at radius 2 is 1.89 bits per heavy atom. The van der Waals surface area contributed by atoms with Crippen molar-refractivity contribution in [3.05, 3.63) is 41.8 Å². The molecule has 2 aromatic rings. The lowest BCUT2D eigenvalue weighted by Crippen LogP contribution is -2.36. The summed E-state index contributed by atoms with van der Waals surface area (Å²) in [7, 11) is 0. The lowest BCUT2D eigenvalue weighted by atomic mass is 10.2. The largest absolute Gasteiger partial charge is 0.378 e. The zero-order chi connectivity index (χ0) is 13.1. The average molecular weight is 262 g/mol. The first-order valence-electron chi connectivity index (χ1n) is 6.28. The summed E-state index contributed by atoms with van der Waals surface area (Å²) in [6, 6.07) is 6.42. The van der Waals surface area contributed by atoms with Crippen LogP contribution in [0.5, 0.6) is 0 Å². The van der Waals surface area contributed by atoms with Gasteiger partial charge in [0.05, 0.1) is 26.0 Å². The van der Waals surface area contributed by atoms with Gasteiger partial charge in [0.1, 0.15) is 5.82 Å². The first-order chi connectivity index (χ1) is 9.31. The van der Waals surface area contributed by atoms with E-state index in [2.05, 4.69) is 15.2 Å². The van der Waals surface area contributed by atoms with Crippen LogP contribution in [0.2, 0.25) is 0 Å². The third-order valence-corrected chi connectivity index (χ3v) is 3.12. The normalized spacial score (nSPS) is 15.7. The third-order valence-electron chi connectivity index (χ3n) is 3.12. The molecule has 0 unspecified atom stereocenters. The highest BCUT2D eigenvalue weighted by Gasteiger charge is 2.14. The molecular formula is C13H15FN4O.